The molecule has 2 aromatic rings. The fourth-order valence-corrected chi connectivity index (χ4v) is 2.81. The Kier molecular flexibility index (Phi) is 5.85. The molecule has 2 N–H and O–H groups in total. The average molecular weight is 328 g/mol. The quantitative estimate of drug-likeness (QED) is 0.776. The lowest BCUT2D eigenvalue weighted by atomic mass is 10.1. The molecule has 2 heterocycles. The van der Waals surface area contributed by atoms with Crippen LogP contribution < -0.4 is 15.4 Å². The standard InChI is InChI=1S/C18H24N4O2/c1-23-16-7-3-2-5-14(16)8-9-19-17-11-18(22-13-21-17)20-12-15-6-4-10-24-15/h2-3,5,7,11,13,15H,4,6,8-10,12H2,1H3,(H2,19,20,21,22). The van der Waals surface area contributed by atoms with Crippen LogP contribution in [0, 0.1) is 0 Å². The number of methoxy groups -OCH3 is 1. The highest BCUT2D eigenvalue weighted by Crippen LogP contribution is 2.18. The summed E-state index contributed by atoms with van der Waals surface area (Å²) in [6.07, 6.45) is 4.99. The third-order valence-electron chi connectivity index (χ3n) is 4.09. The molecule has 0 radical (unpaired) electrons. The first-order chi connectivity index (χ1) is 11.8. The van der Waals surface area contributed by atoms with E-state index in [4.69, 9.17) is 9.47 Å². The van der Waals surface area contributed by atoms with Gasteiger partial charge in [-0.3, -0.25) is 0 Å². The van der Waals surface area contributed by atoms with Crippen LogP contribution in [0.15, 0.2) is 36.7 Å². The topological polar surface area (TPSA) is 68.3 Å². The number of anilines is 2. The van der Waals surface area contributed by atoms with Gasteiger partial charge in [-0.2, -0.15) is 0 Å². The number of hydrogen-bond acceptors (Lipinski definition) is 6. The van der Waals surface area contributed by atoms with Crippen LogP contribution >= 0.6 is 0 Å². The molecule has 0 spiro atoms. The first-order valence-corrected chi connectivity index (χ1v) is 8.38. The highest BCUT2D eigenvalue weighted by Gasteiger charge is 2.15. The molecule has 1 fully saturated rings. The molecule has 24 heavy (non-hydrogen) atoms. The smallest absolute Gasteiger partial charge is 0.131 e. The SMILES string of the molecule is COc1ccccc1CCNc1cc(NCC2CCCO2)ncn1. The number of aromatic nitrogens is 2. The fourth-order valence-electron chi connectivity index (χ4n) is 2.81. The van der Waals surface area contributed by atoms with E-state index >= 15 is 0 Å². The van der Waals surface area contributed by atoms with Crippen molar-refractivity contribution in [2.24, 2.45) is 0 Å². The lowest BCUT2D eigenvalue weighted by Gasteiger charge is -2.12. The molecular formula is C18H24N4O2. The Morgan fingerprint density at radius 3 is 2.83 bits per heavy atom. The van der Waals surface area contributed by atoms with Crippen molar-refractivity contribution in [3.05, 3.63) is 42.2 Å². The molecule has 128 valence electrons. The van der Waals surface area contributed by atoms with Gasteiger partial charge in [-0.05, 0) is 30.9 Å². The molecule has 0 saturated carbocycles. The Hall–Kier alpha value is -2.34. The molecular weight excluding hydrogens is 304 g/mol. The Balaban J connectivity index is 1.49. The summed E-state index contributed by atoms with van der Waals surface area (Å²) in [5.74, 6) is 2.55. The second kappa shape index (κ2) is 8.49. The second-order valence-electron chi connectivity index (χ2n) is 5.79. The summed E-state index contributed by atoms with van der Waals surface area (Å²) in [6.45, 7) is 2.44. The maximum Gasteiger partial charge on any atom is 0.131 e. The van der Waals surface area contributed by atoms with Crippen molar-refractivity contribution >= 4 is 11.6 Å². The summed E-state index contributed by atoms with van der Waals surface area (Å²) < 4.78 is 11.0. The van der Waals surface area contributed by atoms with Gasteiger partial charge in [0.2, 0.25) is 0 Å². The van der Waals surface area contributed by atoms with E-state index in [1.165, 1.54) is 5.56 Å². The van der Waals surface area contributed by atoms with E-state index in [1.807, 2.05) is 24.3 Å². The van der Waals surface area contributed by atoms with Crippen molar-refractivity contribution in [1.29, 1.82) is 0 Å². The molecule has 6 heteroatoms. The van der Waals surface area contributed by atoms with Gasteiger partial charge in [-0.15, -0.1) is 0 Å². The molecule has 0 bridgehead atoms. The van der Waals surface area contributed by atoms with Crippen molar-refractivity contribution in [1.82, 2.24) is 9.97 Å². The highest BCUT2D eigenvalue weighted by molar-refractivity contribution is 5.46. The van der Waals surface area contributed by atoms with Crippen LogP contribution in [0.4, 0.5) is 11.6 Å². The van der Waals surface area contributed by atoms with E-state index in [0.717, 1.165) is 56.3 Å². The number of rotatable bonds is 8. The highest BCUT2D eigenvalue weighted by atomic mass is 16.5. The lowest BCUT2D eigenvalue weighted by Crippen LogP contribution is -2.19. The number of nitrogens with zero attached hydrogens (tertiary/aromatic N) is 2. The van der Waals surface area contributed by atoms with Crippen LogP contribution in [-0.4, -0.2) is 42.9 Å². The summed E-state index contributed by atoms with van der Waals surface area (Å²) >= 11 is 0. The first kappa shape index (κ1) is 16.5. The molecule has 1 aromatic heterocycles. The van der Waals surface area contributed by atoms with Crippen molar-refractivity contribution in [2.45, 2.75) is 25.4 Å². The van der Waals surface area contributed by atoms with E-state index < -0.39 is 0 Å². The summed E-state index contributed by atoms with van der Waals surface area (Å²) in [5, 5.41) is 6.65. The van der Waals surface area contributed by atoms with Crippen LogP contribution in [0.1, 0.15) is 18.4 Å². The van der Waals surface area contributed by atoms with Gasteiger partial charge in [-0.25, -0.2) is 9.97 Å². The van der Waals surface area contributed by atoms with E-state index in [1.54, 1.807) is 13.4 Å². The third-order valence-corrected chi connectivity index (χ3v) is 4.09. The van der Waals surface area contributed by atoms with Crippen LogP contribution in [-0.2, 0) is 11.2 Å². The summed E-state index contributed by atoms with van der Waals surface area (Å²) in [4.78, 5) is 8.52. The fraction of sp³-hybridized carbons (Fsp3) is 0.444. The number of ether oxygens (including phenoxy) is 2. The molecule has 6 nitrogen and oxygen atoms in total. The van der Waals surface area contributed by atoms with E-state index in [2.05, 4.69) is 26.7 Å². The Morgan fingerprint density at radius 2 is 2.04 bits per heavy atom. The minimum atomic E-state index is 0.293. The number of nitrogens with one attached hydrogen (secondary N) is 2. The summed E-state index contributed by atoms with van der Waals surface area (Å²) in [7, 11) is 1.70. The largest absolute Gasteiger partial charge is 0.496 e. The number of hydrogen-bond donors (Lipinski definition) is 2. The van der Waals surface area contributed by atoms with Gasteiger partial charge < -0.3 is 20.1 Å². The zero-order valence-corrected chi connectivity index (χ0v) is 14.0. The second-order valence-corrected chi connectivity index (χ2v) is 5.79. The third kappa shape index (κ3) is 4.58. The molecule has 0 amide bonds. The van der Waals surface area contributed by atoms with E-state index in [-0.39, 0.29) is 0 Å². The first-order valence-electron chi connectivity index (χ1n) is 8.38. The maximum absolute atomic E-state index is 5.61. The molecule has 1 aromatic carbocycles. The molecule has 1 atom stereocenters. The van der Waals surface area contributed by atoms with Crippen molar-refractivity contribution in [3.63, 3.8) is 0 Å². The Bertz CT molecular complexity index is 644. The predicted octanol–water partition coefficient (Wildman–Crippen LogP) is 2.73. The lowest BCUT2D eigenvalue weighted by molar-refractivity contribution is 0.120. The molecule has 1 aliphatic heterocycles. The van der Waals surface area contributed by atoms with Gasteiger partial charge in [0, 0.05) is 25.8 Å². The van der Waals surface area contributed by atoms with Gasteiger partial charge in [0.1, 0.15) is 23.7 Å². The van der Waals surface area contributed by atoms with E-state index in [0.29, 0.717) is 6.10 Å². The summed E-state index contributed by atoms with van der Waals surface area (Å²) in [5.41, 5.74) is 1.18. The van der Waals surface area contributed by atoms with Gasteiger partial charge >= 0.3 is 0 Å². The van der Waals surface area contributed by atoms with Crippen LogP contribution in [0.25, 0.3) is 0 Å². The Labute approximate surface area is 142 Å². The molecule has 0 aliphatic carbocycles. The van der Waals surface area contributed by atoms with Gasteiger partial charge in [0.25, 0.3) is 0 Å². The van der Waals surface area contributed by atoms with Crippen LogP contribution in [0.3, 0.4) is 0 Å². The molecule has 1 aliphatic rings. The Morgan fingerprint density at radius 1 is 1.21 bits per heavy atom. The minimum absolute atomic E-state index is 0.293. The average Bonchev–Trinajstić information content (AvgIpc) is 3.14. The molecule has 1 saturated heterocycles. The van der Waals surface area contributed by atoms with Crippen molar-refractivity contribution in [2.75, 3.05) is 37.4 Å². The molecule has 3 rings (SSSR count). The van der Waals surface area contributed by atoms with Crippen molar-refractivity contribution < 1.29 is 9.47 Å². The maximum atomic E-state index is 5.61. The number of benzene rings is 1. The van der Waals surface area contributed by atoms with Crippen molar-refractivity contribution in [3.8, 4) is 5.75 Å². The normalized spacial score (nSPS) is 16.8. The van der Waals surface area contributed by atoms with Crippen LogP contribution in [0.2, 0.25) is 0 Å². The monoisotopic (exact) mass is 328 g/mol. The predicted molar refractivity (Wildman–Crippen MR) is 94.7 cm³/mol. The molecule has 1 unspecified atom stereocenters. The van der Waals surface area contributed by atoms with E-state index in [9.17, 15) is 0 Å². The zero-order chi connectivity index (χ0) is 16.6. The van der Waals surface area contributed by atoms with Gasteiger partial charge in [0.15, 0.2) is 0 Å². The number of para-hydroxylation sites is 1. The summed E-state index contributed by atoms with van der Waals surface area (Å²) in [6, 6.07) is 9.99. The van der Waals surface area contributed by atoms with Gasteiger partial charge in [0.05, 0.1) is 13.2 Å². The minimum Gasteiger partial charge on any atom is -0.496 e. The van der Waals surface area contributed by atoms with Gasteiger partial charge in [-0.1, -0.05) is 18.2 Å². The van der Waals surface area contributed by atoms with Crippen LogP contribution in [0.5, 0.6) is 5.75 Å². The zero-order valence-electron chi connectivity index (χ0n) is 14.0.